The van der Waals surface area contributed by atoms with Crippen molar-refractivity contribution in [3.63, 3.8) is 0 Å². The maximum Gasteiger partial charge on any atom is 0.165 e. The Kier molecular flexibility index (Phi) is 5.60. The van der Waals surface area contributed by atoms with E-state index in [4.69, 9.17) is 23.1 Å². The van der Waals surface area contributed by atoms with Crippen molar-refractivity contribution in [2.24, 2.45) is 11.7 Å². The predicted molar refractivity (Wildman–Crippen MR) is 95.0 cm³/mol. The van der Waals surface area contributed by atoms with Crippen LogP contribution < -0.4 is 11.5 Å². The molecule has 5 N–H and O–H groups in total. The van der Waals surface area contributed by atoms with Gasteiger partial charge in [0.15, 0.2) is 5.82 Å². The first kappa shape index (κ1) is 18.0. The molecular weight excluding hydrogens is 326 g/mol. The lowest BCUT2D eigenvalue weighted by Crippen LogP contribution is -2.13. The molecule has 7 heteroatoms. The van der Waals surface area contributed by atoms with E-state index in [0.717, 1.165) is 19.3 Å². The molecule has 0 aromatic carbocycles. The minimum absolute atomic E-state index is 0.0704. The second kappa shape index (κ2) is 7.47. The molecule has 2 atom stereocenters. The average Bonchev–Trinajstić information content (AvgIpc) is 3.00. The lowest BCUT2D eigenvalue weighted by Gasteiger charge is -2.15. The van der Waals surface area contributed by atoms with Crippen LogP contribution in [-0.2, 0) is 0 Å². The smallest absolute Gasteiger partial charge is 0.165 e. The molecule has 1 aromatic heterocycles. The average molecular weight is 346 g/mol. The van der Waals surface area contributed by atoms with E-state index in [1.807, 2.05) is 0 Å². The second-order valence-electron chi connectivity index (χ2n) is 5.87. The van der Waals surface area contributed by atoms with Gasteiger partial charge in [0, 0.05) is 11.0 Å². The molecule has 2 rings (SSSR count). The molecule has 0 radical (unpaired) electrons. The van der Waals surface area contributed by atoms with Crippen LogP contribution >= 0.6 is 11.6 Å². The summed E-state index contributed by atoms with van der Waals surface area (Å²) in [5, 5.41) is 19.4. The standard InChI is InChI=1S/C17H20ClN5O/c1-9(18)5-13(10(2)24)17-22-15(14(8-20)16(21)23-17)12-4-3-11(6-12)7-19/h5,11-12,24H,1-4,6-7,19H2,(H2,21,22,23)/b13-5+. The van der Waals surface area contributed by atoms with Gasteiger partial charge in [0.1, 0.15) is 23.2 Å². The summed E-state index contributed by atoms with van der Waals surface area (Å²) in [6.07, 6.45) is 4.13. The number of aliphatic hydroxyl groups excluding tert-OH is 1. The zero-order valence-corrected chi connectivity index (χ0v) is 14.1. The first-order valence-corrected chi connectivity index (χ1v) is 7.97. The largest absolute Gasteiger partial charge is 0.508 e. The van der Waals surface area contributed by atoms with Crippen LogP contribution in [0.1, 0.15) is 42.3 Å². The second-order valence-corrected chi connectivity index (χ2v) is 6.35. The molecule has 1 fully saturated rings. The predicted octanol–water partition coefficient (Wildman–Crippen LogP) is 2.98. The first-order chi connectivity index (χ1) is 11.4. The molecule has 1 aliphatic rings. The van der Waals surface area contributed by atoms with Gasteiger partial charge in [-0.25, -0.2) is 9.97 Å². The Morgan fingerprint density at radius 2 is 2.12 bits per heavy atom. The summed E-state index contributed by atoms with van der Waals surface area (Å²) in [4.78, 5) is 8.61. The lowest BCUT2D eigenvalue weighted by molar-refractivity contribution is 0.440. The lowest BCUT2D eigenvalue weighted by atomic mass is 9.97. The quantitative estimate of drug-likeness (QED) is 0.557. The van der Waals surface area contributed by atoms with Crippen LogP contribution in [0.15, 0.2) is 30.0 Å². The SMILES string of the molecule is C=C(Cl)/C=C(\C(=C)O)c1nc(N)c(C#N)c(C2CCC(CN)C2)n1. The van der Waals surface area contributed by atoms with Crippen molar-refractivity contribution in [1.82, 2.24) is 9.97 Å². The third kappa shape index (κ3) is 3.75. The molecule has 0 saturated heterocycles. The number of hydrogen-bond acceptors (Lipinski definition) is 6. The van der Waals surface area contributed by atoms with Crippen LogP contribution in [0.4, 0.5) is 5.82 Å². The number of nitriles is 1. The zero-order chi connectivity index (χ0) is 17.9. The van der Waals surface area contributed by atoms with Gasteiger partial charge >= 0.3 is 0 Å². The van der Waals surface area contributed by atoms with Gasteiger partial charge < -0.3 is 16.6 Å². The number of rotatable bonds is 5. The third-order valence-electron chi connectivity index (χ3n) is 4.19. The van der Waals surface area contributed by atoms with Crippen molar-refractivity contribution in [3.05, 3.63) is 47.1 Å². The molecule has 1 aliphatic carbocycles. The molecular formula is C17H20ClN5O. The summed E-state index contributed by atoms with van der Waals surface area (Å²) >= 11 is 5.79. The highest BCUT2D eigenvalue weighted by Crippen LogP contribution is 2.39. The van der Waals surface area contributed by atoms with Crippen molar-refractivity contribution < 1.29 is 5.11 Å². The fourth-order valence-electron chi connectivity index (χ4n) is 3.00. The van der Waals surface area contributed by atoms with Gasteiger partial charge in [-0.3, -0.25) is 0 Å². The monoisotopic (exact) mass is 345 g/mol. The number of aromatic nitrogens is 2. The molecule has 126 valence electrons. The number of nitrogen functional groups attached to an aromatic ring is 1. The molecule has 0 spiro atoms. The van der Waals surface area contributed by atoms with Crippen LogP contribution in [0.2, 0.25) is 0 Å². The number of nitrogens with zero attached hydrogens (tertiary/aromatic N) is 3. The van der Waals surface area contributed by atoms with Crippen LogP contribution in [-0.4, -0.2) is 21.6 Å². The molecule has 1 heterocycles. The van der Waals surface area contributed by atoms with E-state index in [0.29, 0.717) is 18.2 Å². The van der Waals surface area contributed by atoms with Crippen molar-refractivity contribution in [1.29, 1.82) is 5.26 Å². The van der Waals surface area contributed by atoms with E-state index in [1.54, 1.807) is 0 Å². The van der Waals surface area contributed by atoms with E-state index < -0.39 is 0 Å². The van der Waals surface area contributed by atoms with Gasteiger partial charge in [-0.05, 0) is 37.8 Å². The van der Waals surface area contributed by atoms with Crippen LogP contribution in [0.5, 0.6) is 0 Å². The number of aliphatic hydroxyl groups is 1. The summed E-state index contributed by atoms with van der Waals surface area (Å²) in [5.74, 6) is 0.488. The van der Waals surface area contributed by atoms with Crippen LogP contribution in [0, 0.1) is 17.2 Å². The van der Waals surface area contributed by atoms with Gasteiger partial charge in [-0.1, -0.05) is 24.8 Å². The molecule has 1 saturated carbocycles. The molecule has 0 aliphatic heterocycles. The first-order valence-electron chi connectivity index (χ1n) is 7.59. The summed E-state index contributed by atoms with van der Waals surface area (Å²) in [6.45, 7) is 7.67. The Labute approximate surface area is 146 Å². The highest BCUT2D eigenvalue weighted by atomic mass is 35.5. The van der Waals surface area contributed by atoms with Crippen LogP contribution in [0.3, 0.4) is 0 Å². The fourth-order valence-corrected chi connectivity index (χ4v) is 3.11. The zero-order valence-electron chi connectivity index (χ0n) is 13.3. The Hall–Kier alpha value is -2.36. The van der Waals surface area contributed by atoms with Gasteiger partial charge in [-0.2, -0.15) is 5.26 Å². The summed E-state index contributed by atoms with van der Waals surface area (Å²) in [7, 11) is 0. The number of nitrogens with two attached hydrogens (primary N) is 2. The Morgan fingerprint density at radius 3 is 2.62 bits per heavy atom. The van der Waals surface area contributed by atoms with Crippen LogP contribution in [0.25, 0.3) is 5.57 Å². The third-order valence-corrected chi connectivity index (χ3v) is 4.30. The Balaban J connectivity index is 2.55. The van der Waals surface area contributed by atoms with Gasteiger partial charge in [0.25, 0.3) is 0 Å². The maximum atomic E-state index is 9.80. The summed E-state index contributed by atoms with van der Waals surface area (Å²) in [6, 6.07) is 2.08. The van der Waals surface area contributed by atoms with E-state index in [9.17, 15) is 10.4 Å². The Morgan fingerprint density at radius 1 is 1.42 bits per heavy atom. The fraction of sp³-hybridized carbons (Fsp3) is 0.353. The molecule has 0 bridgehead atoms. The normalized spacial score (nSPS) is 20.6. The van der Waals surface area contributed by atoms with Crippen molar-refractivity contribution in [3.8, 4) is 6.07 Å². The van der Waals surface area contributed by atoms with Gasteiger partial charge in [-0.15, -0.1) is 0 Å². The molecule has 0 amide bonds. The number of anilines is 1. The number of hydrogen-bond donors (Lipinski definition) is 3. The van der Waals surface area contributed by atoms with Crippen molar-refractivity contribution in [2.45, 2.75) is 25.2 Å². The molecule has 24 heavy (non-hydrogen) atoms. The molecule has 6 nitrogen and oxygen atoms in total. The minimum atomic E-state index is -0.252. The highest BCUT2D eigenvalue weighted by molar-refractivity contribution is 6.31. The summed E-state index contributed by atoms with van der Waals surface area (Å²) in [5.41, 5.74) is 12.8. The molecule has 1 aromatic rings. The van der Waals surface area contributed by atoms with E-state index in [1.165, 1.54) is 6.08 Å². The van der Waals surface area contributed by atoms with E-state index in [2.05, 4.69) is 29.2 Å². The van der Waals surface area contributed by atoms with Gasteiger partial charge in [0.05, 0.1) is 11.3 Å². The Bertz CT molecular complexity index is 750. The topological polar surface area (TPSA) is 122 Å². The number of allylic oxidation sites excluding steroid dienone is 3. The van der Waals surface area contributed by atoms with E-state index >= 15 is 0 Å². The number of halogens is 1. The molecule has 2 unspecified atom stereocenters. The highest BCUT2D eigenvalue weighted by Gasteiger charge is 2.30. The van der Waals surface area contributed by atoms with Crippen molar-refractivity contribution >= 4 is 23.0 Å². The van der Waals surface area contributed by atoms with Gasteiger partial charge in [0.2, 0.25) is 0 Å². The van der Waals surface area contributed by atoms with E-state index in [-0.39, 0.29) is 39.5 Å². The summed E-state index contributed by atoms with van der Waals surface area (Å²) < 4.78 is 0. The minimum Gasteiger partial charge on any atom is -0.508 e. The van der Waals surface area contributed by atoms with Crippen molar-refractivity contribution in [2.75, 3.05) is 12.3 Å². The maximum absolute atomic E-state index is 9.80.